The van der Waals surface area contributed by atoms with E-state index < -0.39 is 0 Å². The van der Waals surface area contributed by atoms with Crippen LogP contribution in [0.1, 0.15) is 40.5 Å². The van der Waals surface area contributed by atoms with Gasteiger partial charge in [-0.15, -0.1) is 0 Å². The maximum atomic E-state index is 4.76. The average molecular weight is 350 g/mol. The van der Waals surface area contributed by atoms with Crippen LogP contribution in [0, 0.1) is 0 Å². The summed E-state index contributed by atoms with van der Waals surface area (Å²) in [6.07, 6.45) is 7.62. The normalized spacial score (nSPS) is 19.5. The highest BCUT2D eigenvalue weighted by Crippen LogP contribution is 2.31. The van der Waals surface area contributed by atoms with Gasteiger partial charge in [0.15, 0.2) is 0 Å². The standard InChI is InChI=1S/C20H26N6/c1-19(2)10-13(11-20(3,4)26-19)24-18-22-9-7-16(25-18)15-12-23-17-14(15)6-5-8-21-17/h5-9,12-13,26H,10-11H2,1-4H3,(H,21,23)(H,22,24,25). The zero-order valence-electron chi connectivity index (χ0n) is 15.8. The van der Waals surface area contributed by atoms with Crippen LogP contribution in [-0.2, 0) is 0 Å². The van der Waals surface area contributed by atoms with E-state index >= 15 is 0 Å². The van der Waals surface area contributed by atoms with Gasteiger partial charge in [-0.25, -0.2) is 15.0 Å². The monoisotopic (exact) mass is 350 g/mol. The van der Waals surface area contributed by atoms with Gasteiger partial charge in [-0.3, -0.25) is 0 Å². The van der Waals surface area contributed by atoms with Crippen molar-refractivity contribution in [2.45, 2.75) is 57.7 Å². The predicted molar refractivity (Wildman–Crippen MR) is 105 cm³/mol. The minimum atomic E-state index is 0.0829. The highest BCUT2D eigenvalue weighted by atomic mass is 15.2. The number of nitrogens with one attached hydrogen (secondary N) is 3. The summed E-state index contributed by atoms with van der Waals surface area (Å²) in [5.74, 6) is 0.680. The summed E-state index contributed by atoms with van der Waals surface area (Å²) in [6, 6.07) is 6.28. The van der Waals surface area contributed by atoms with E-state index in [1.807, 2.05) is 24.5 Å². The molecule has 1 aliphatic rings. The van der Waals surface area contributed by atoms with Crippen LogP contribution in [-0.4, -0.2) is 37.1 Å². The Bertz CT molecular complexity index is 911. The summed E-state index contributed by atoms with van der Waals surface area (Å²) >= 11 is 0. The van der Waals surface area contributed by atoms with E-state index in [0.29, 0.717) is 12.0 Å². The lowest BCUT2D eigenvalue weighted by Crippen LogP contribution is -2.60. The number of fused-ring (bicyclic) bond motifs is 1. The molecule has 1 saturated heterocycles. The first kappa shape index (κ1) is 17.0. The van der Waals surface area contributed by atoms with E-state index in [9.17, 15) is 0 Å². The molecule has 4 heterocycles. The van der Waals surface area contributed by atoms with E-state index in [4.69, 9.17) is 4.98 Å². The number of rotatable bonds is 3. The second-order valence-corrected chi connectivity index (χ2v) is 8.51. The molecule has 0 spiro atoms. The molecular formula is C20H26N6. The van der Waals surface area contributed by atoms with Gasteiger partial charge in [0, 0.05) is 46.7 Å². The second-order valence-electron chi connectivity index (χ2n) is 8.51. The molecule has 3 aromatic rings. The summed E-state index contributed by atoms with van der Waals surface area (Å²) in [6.45, 7) is 9.00. The maximum absolute atomic E-state index is 4.76. The topological polar surface area (TPSA) is 78.5 Å². The van der Waals surface area contributed by atoms with Crippen molar-refractivity contribution in [3.8, 4) is 11.3 Å². The lowest BCUT2D eigenvalue weighted by molar-refractivity contribution is 0.170. The molecule has 136 valence electrons. The van der Waals surface area contributed by atoms with Crippen LogP contribution in [0.5, 0.6) is 0 Å². The van der Waals surface area contributed by atoms with Gasteiger partial charge in [0.25, 0.3) is 0 Å². The van der Waals surface area contributed by atoms with Crippen molar-refractivity contribution in [3.05, 3.63) is 36.8 Å². The van der Waals surface area contributed by atoms with Crippen molar-refractivity contribution in [2.75, 3.05) is 5.32 Å². The first-order valence-corrected chi connectivity index (χ1v) is 9.13. The lowest BCUT2D eigenvalue weighted by Gasteiger charge is -2.46. The third-order valence-electron chi connectivity index (χ3n) is 4.91. The quantitative estimate of drug-likeness (QED) is 0.671. The molecule has 26 heavy (non-hydrogen) atoms. The molecule has 3 aromatic heterocycles. The fourth-order valence-electron chi connectivity index (χ4n) is 4.35. The number of anilines is 1. The Morgan fingerprint density at radius 1 is 1.04 bits per heavy atom. The molecule has 0 atom stereocenters. The van der Waals surface area contributed by atoms with Gasteiger partial charge in [0.2, 0.25) is 5.95 Å². The largest absolute Gasteiger partial charge is 0.351 e. The Hall–Kier alpha value is -2.47. The first-order chi connectivity index (χ1) is 12.3. The third kappa shape index (κ3) is 3.42. The lowest BCUT2D eigenvalue weighted by atomic mass is 9.80. The van der Waals surface area contributed by atoms with Gasteiger partial charge in [-0.05, 0) is 58.7 Å². The fraction of sp³-hybridized carbons (Fsp3) is 0.450. The summed E-state index contributed by atoms with van der Waals surface area (Å²) < 4.78 is 0. The molecule has 0 saturated carbocycles. The van der Waals surface area contributed by atoms with Crippen LogP contribution in [0.25, 0.3) is 22.3 Å². The smallest absolute Gasteiger partial charge is 0.223 e. The molecule has 0 unspecified atom stereocenters. The summed E-state index contributed by atoms with van der Waals surface area (Å²) in [5, 5.41) is 8.33. The Morgan fingerprint density at radius 2 is 1.81 bits per heavy atom. The van der Waals surface area contributed by atoms with Gasteiger partial charge in [-0.2, -0.15) is 0 Å². The van der Waals surface area contributed by atoms with Gasteiger partial charge in [0.1, 0.15) is 5.65 Å². The third-order valence-corrected chi connectivity index (χ3v) is 4.91. The highest BCUT2D eigenvalue weighted by Gasteiger charge is 2.37. The highest BCUT2D eigenvalue weighted by molar-refractivity contribution is 5.92. The Labute approximate surface area is 153 Å². The van der Waals surface area contributed by atoms with Gasteiger partial charge >= 0.3 is 0 Å². The number of aromatic nitrogens is 4. The van der Waals surface area contributed by atoms with E-state index in [-0.39, 0.29) is 11.1 Å². The Kier molecular flexibility index (Phi) is 3.95. The van der Waals surface area contributed by atoms with E-state index in [2.05, 4.69) is 59.3 Å². The number of H-pyrrole nitrogens is 1. The SMILES string of the molecule is CC1(C)CC(Nc2nccc(-c3c[nH]c4ncccc34)n2)CC(C)(C)N1. The van der Waals surface area contributed by atoms with E-state index in [0.717, 1.165) is 35.1 Å². The molecular weight excluding hydrogens is 324 g/mol. The van der Waals surface area contributed by atoms with Crippen LogP contribution in [0.3, 0.4) is 0 Å². The van der Waals surface area contributed by atoms with Crippen molar-refractivity contribution >= 4 is 17.0 Å². The van der Waals surface area contributed by atoms with Crippen LogP contribution in [0.15, 0.2) is 36.8 Å². The molecule has 6 heteroatoms. The molecule has 3 N–H and O–H groups in total. The van der Waals surface area contributed by atoms with Crippen molar-refractivity contribution in [1.82, 2.24) is 25.3 Å². The number of hydrogen-bond donors (Lipinski definition) is 3. The van der Waals surface area contributed by atoms with Gasteiger partial charge in [0.05, 0.1) is 5.69 Å². The van der Waals surface area contributed by atoms with Crippen molar-refractivity contribution in [2.24, 2.45) is 0 Å². The number of hydrogen-bond acceptors (Lipinski definition) is 5. The summed E-state index contributed by atoms with van der Waals surface area (Å²) in [5.41, 5.74) is 2.98. The summed E-state index contributed by atoms with van der Waals surface area (Å²) in [7, 11) is 0. The van der Waals surface area contributed by atoms with Crippen LogP contribution >= 0.6 is 0 Å². The van der Waals surface area contributed by atoms with Gasteiger partial charge < -0.3 is 15.6 Å². The van der Waals surface area contributed by atoms with Crippen molar-refractivity contribution in [3.63, 3.8) is 0 Å². The van der Waals surface area contributed by atoms with E-state index in [1.54, 1.807) is 6.20 Å². The van der Waals surface area contributed by atoms with Crippen LogP contribution in [0.2, 0.25) is 0 Å². The molecule has 0 bridgehead atoms. The minimum Gasteiger partial charge on any atom is -0.351 e. The number of pyridine rings is 1. The Balaban J connectivity index is 1.60. The number of aromatic amines is 1. The van der Waals surface area contributed by atoms with Crippen molar-refractivity contribution in [1.29, 1.82) is 0 Å². The molecule has 1 fully saturated rings. The molecule has 6 nitrogen and oxygen atoms in total. The Morgan fingerprint density at radius 3 is 2.58 bits per heavy atom. The van der Waals surface area contributed by atoms with Gasteiger partial charge in [-0.1, -0.05) is 0 Å². The zero-order valence-corrected chi connectivity index (χ0v) is 15.8. The fourth-order valence-corrected chi connectivity index (χ4v) is 4.35. The molecule has 1 aliphatic heterocycles. The molecule has 0 aliphatic carbocycles. The molecule has 0 aromatic carbocycles. The van der Waals surface area contributed by atoms with Crippen LogP contribution < -0.4 is 10.6 Å². The number of piperidine rings is 1. The molecule has 0 amide bonds. The van der Waals surface area contributed by atoms with E-state index in [1.165, 1.54) is 0 Å². The van der Waals surface area contributed by atoms with Crippen molar-refractivity contribution < 1.29 is 0 Å². The molecule has 0 radical (unpaired) electrons. The predicted octanol–water partition coefficient (Wildman–Crippen LogP) is 3.74. The molecule has 4 rings (SSSR count). The number of nitrogens with zero attached hydrogens (tertiary/aromatic N) is 3. The minimum absolute atomic E-state index is 0.0829. The summed E-state index contributed by atoms with van der Waals surface area (Å²) in [4.78, 5) is 16.8. The zero-order chi connectivity index (χ0) is 18.4. The average Bonchev–Trinajstić information content (AvgIpc) is 2.96. The van der Waals surface area contributed by atoms with Crippen LogP contribution in [0.4, 0.5) is 5.95 Å². The maximum Gasteiger partial charge on any atom is 0.223 e. The second kappa shape index (κ2) is 6.06. The first-order valence-electron chi connectivity index (χ1n) is 9.13.